The van der Waals surface area contributed by atoms with Crippen LogP contribution in [0.25, 0.3) is 20.5 Å². The highest BCUT2D eigenvalue weighted by Gasteiger charge is 2.60. The lowest BCUT2D eigenvalue weighted by atomic mass is 10.2. The van der Waals surface area contributed by atoms with E-state index in [-0.39, 0.29) is 4.90 Å². The van der Waals surface area contributed by atoms with Gasteiger partial charge in [0.1, 0.15) is 0 Å². The molecule has 4 aromatic rings. The molecule has 3 aromatic carbocycles. The third-order valence-electron chi connectivity index (χ3n) is 4.31. The molecule has 0 aliphatic carbocycles. The van der Waals surface area contributed by atoms with E-state index in [1.165, 1.54) is 24.3 Å². The largest absolute Gasteiger partial charge is 0.543 e. The van der Waals surface area contributed by atoms with Crippen LogP contribution in [0.2, 0.25) is 0 Å². The van der Waals surface area contributed by atoms with Crippen molar-refractivity contribution in [1.29, 1.82) is 0 Å². The number of alkyl halides is 2. The van der Waals surface area contributed by atoms with Crippen LogP contribution in [-0.2, 0) is 14.4 Å². The molecule has 0 amide bonds. The standard InChI is InChI=1S/C21H15F2O2S2/c22-21(23,27(24,25)18-12-5-2-6-13-18)26-19-14-8-7-11-17(19)15-20(26)16-9-3-1-4-10-16/h1-15H/q+1. The van der Waals surface area contributed by atoms with Gasteiger partial charge in [-0.3, -0.25) is 0 Å². The predicted molar refractivity (Wildman–Crippen MR) is 106 cm³/mol. The van der Waals surface area contributed by atoms with Crippen molar-refractivity contribution in [1.82, 2.24) is 0 Å². The Labute approximate surface area is 158 Å². The Morgan fingerprint density at radius 3 is 1.96 bits per heavy atom. The summed E-state index contributed by atoms with van der Waals surface area (Å²) in [5, 5.41) is 0.627. The molecule has 0 spiro atoms. The van der Waals surface area contributed by atoms with Crippen molar-refractivity contribution >= 4 is 30.4 Å². The topological polar surface area (TPSA) is 34.1 Å². The lowest BCUT2D eigenvalue weighted by Crippen LogP contribution is -2.22. The number of thiophene rings is 1. The van der Waals surface area contributed by atoms with Crippen molar-refractivity contribution in [3.05, 3.63) is 91.0 Å². The molecule has 0 saturated heterocycles. The smallest absolute Gasteiger partial charge is 0.211 e. The van der Waals surface area contributed by atoms with Gasteiger partial charge >= 0.3 is 4.59 Å². The third kappa shape index (κ3) is 2.85. The van der Waals surface area contributed by atoms with Crippen LogP contribution in [-0.4, -0.2) is 8.42 Å². The summed E-state index contributed by atoms with van der Waals surface area (Å²) in [5.41, 5.74) is 0.597. The van der Waals surface area contributed by atoms with Gasteiger partial charge in [-0.05, 0) is 36.4 Å². The van der Waals surface area contributed by atoms with Gasteiger partial charge in [0.05, 0.1) is 15.4 Å². The number of halogens is 2. The Morgan fingerprint density at radius 2 is 1.30 bits per heavy atom. The van der Waals surface area contributed by atoms with Gasteiger partial charge in [-0.15, -0.1) is 8.78 Å². The summed E-state index contributed by atoms with van der Waals surface area (Å²) >= 11 is 0. The minimum absolute atomic E-state index is 0.335. The fourth-order valence-corrected chi connectivity index (χ4v) is 7.45. The van der Waals surface area contributed by atoms with E-state index in [0.29, 0.717) is 20.5 Å². The molecule has 27 heavy (non-hydrogen) atoms. The first-order valence-electron chi connectivity index (χ1n) is 8.21. The van der Waals surface area contributed by atoms with E-state index in [2.05, 4.69) is 0 Å². The molecule has 136 valence electrons. The average Bonchev–Trinajstić information content (AvgIpc) is 3.09. The number of rotatable bonds is 4. The summed E-state index contributed by atoms with van der Waals surface area (Å²) in [6.07, 6.45) is 0. The van der Waals surface area contributed by atoms with Gasteiger partial charge in [-0.1, -0.05) is 48.5 Å². The molecule has 1 aromatic heterocycles. The van der Waals surface area contributed by atoms with Crippen LogP contribution in [0.4, 0.5) is 8.78 Å². The summed E-state index contributed by atoms with van der Waals surface area (Å²) in [6.45, 7) is 0. The Bertz CT molecular complexity index is 1200. The summed E-state index contributed by atoms with van der Waals surface area (Å²) in [7, 11) is -6.80. The van der Waals surface area contributed by atoms with Crippen LogP contribution >= 0.6 is 10.5 Å². The normalized spacial score (nSPS) is 13.0. The van der Waals surface area contributed by atoms with Gasteiger partial charge in [-0.25, -0.2) is 8.42 Å². The zero-order valence-corrected chi connectivity index (χ0v) is 15.7. The van der Waals surface area contributed by atoms with Gasteiger partial charge < -0.3 is 0 Å². The summed E-state index contributed by atoms with van der Waals surface area (Å²) in [4.78, 5) is -0.0411. The molecule has 2 nitrogen and oxygen atoms in total. The molecule has 0 aliphatic heterocycles. The second-order valence-electron chi connectivity index (χ2n) is 6.00. The minimum Gasteiger partial charge on any atom is -0.211 e. The number of sulfone groups is 1. The van der Waals surface area contributed by atoms with Crippen LogP contribution in [0.5, 0.6) is 0 Å². The molecule has 0 fully saturated rings. The second kappa shape index (κ2) is 6.55. The van der Waals surface area contributed by atoms with Crippen molar-refractivity contribution in [2.45, 2.75) is 9.48 Å². The van der Waals surface area contributed by atoms with Crippen LogP contribution in [0, 0.1) is 0 Å². The van der Waals surface area contributed by atoms with Crippen molar-refractivity contribution in [3.8, 4) is 10.4 Å². The maximum Gasteiger partial charge on any atom is 0.543 e. The molecule has 0 saturated carbocycles. The molecule has 0 radical (unpaired) electrons. The molecule has 6 heteroatoms. The van der Waals surface area contributed by atoms with Crippen LogP contribution in [0.1, 0.15) is 0 Å². The van der Waals surface area contributed by atoms with Crippen LogP contribution < -0.4 is 0 Å². The van der Waals surface area contributed by atoms with Crippen molar-refractivity contribution < 1.29 is 17.2 Å². The predicted octanol–water partition coefficient (Wildman–Crippen LogP) is 6.24. The molecule has 1 atom stereocenters. The van der Waals surface area contributed by atoms with Crippen molar-refractivity contribution in [3.63, 3.8) is 0 Å². The SMILES string of the molecule is O=S(=O)(c1ccccc1)C(F)(F)[s+]1c(-c2ccccc2)cc2ccccc21. The summed E-state index contributed by atoms with van der Waals surface area (Å²) < 4.78 is 53.3. The Kier molecular flexibility index (Phi) is 4.32. The van der Waals surface area contributed by atoms with E-state index in [1.54, 1.807) is 66.7 Å². The Morgan fingerprint density at radius 1 is 0.741 bits per heavy atom. The molecule has 0 aliphatic rings. The van der Waals surface area contributed by atoms with E-state index in [4.69, 9.17) is 0 Å². The maximum absolute atomic E-state index is 15.6. The van der Waals surface area contributed by atoms with Gasteiger partial charge in [0.2, 0.25) is 0 Å². The quantitative estimate of drug-likeness (QED) is 0.380. The Hall–Kier alpha value is -2.57. The van der Waals surface area contributed by atoms with Gasteiger partial charge in [0, 0.05) is 17.0 Å². The fraction of sp³-hybridized carbons (Fsp3) is 0.0476. The molecule has 4 rings (SSSR count). The average molecular weight is 401 g/mol. The van der Waals surface area contributed by atoms with Crippen molar-refractivity contribution in [2.24, 2.45) is 0 Å². The number of benzene rings is 3. The number of hydrogen-bond donors (Lipinski definition) is 0. The van der Waals surface area contributed by atoms with Crippen LogP contribution in [0.3, 0.4) is 0 Å². The first kappa shape index (κ1) is 17.8. The highest BCUT2D eigenvalue weighted by Crippen LogP contribution is 2.57. The third-order valence-corrected chi connectivity index (χ3v) is 9.06. The van der Waals surface area contributed by atoms with Gasteiger partial charge in [0.15, 0.2) is 9.58 Å². The highest BCUT2D eigenvalue weighted by molar-refractivity contribution is 7.96. The lowest BCUT2D eigenvalue weighted by Gasteiger charge is -2.11. The monoisotopic (exact) mass is 401 g/mol. The molecule has 0 bridgehead atoms. The zero-order chi connectivity index (χ0) is 19.1. The van der Waals surface area contributed by atoms with E-state index in [9.17, 15) is 8.42 Å². The second-order valence-corrected chi connectivity index (χ2v) is 10.3. The summed E-state index contributed by atoms with van der Waals surface area (Å²) in [5.74, 6) is 0. The number of fused-ring (bicyclic) bond motifs is 1. The first-order chi connectivity index (χ1) is 12.9. The summed E-state index contributed by atoms with van der Waals surface area (Å²) in [6, 6.07) is 24.1. The van der Waals surface area contributed by atoms with Crippen LogP contribution in [0.15, 0.2) is 95.9 Å². The molecular formula is C21H15F2O2S2+. The first-order valence-corrected chi connectivity index (χ1v) is 10.9. The highest BCUT2D eigenvalue weighted by atomic mass is 32.3. The van der Waals surface area contributed by atoms with E-state index >= 15 is 8.78 Å². The zero-order valence-electron chi connectivity index (χ0n) is 14.0. The van der Waals surface area contributed by atoms with E-state index < -0.39 is 24.9 Å². The van der Waals surface area contributed by atoms with Crippen molar-refractivity contribution in [2.75, 3.05) is 0 Å². The fourth-order valence-electron chi connectivity index (χ4n) is 3.01. The van der Waals surface area contributed by atoms with E-state index in [0.717, 1.165) is 0 Å². The molecule has 1 heterocycles. The van der Waals surface area contributed by atoms with Gasteiger partial charge in [-0.2, -0.15) is 0 Å². The molecule has 1 unspecified atom stereocenters. The maximum atomic E-state index is 15.6. The Balaban J connectivity index is 2.03. The lowest BCUT2D eigenvalue weighted by molar-refractivity contribution is 0.145. The minimum atomic E-state index is -4.87. The van der Waals surface area contributed by atoms with Gasteiger partial charge in [0.25, 0.3) is 9.84 Å². The molecule has 0 N–H and O–H groups in total. The molecular weight excluding hydrogens is 386 g/mol. The number of hydrogen-bond acceptors (Lipinski definition) is 2. The van der Waals surface area contributed by atoms with E-state index in [1.807, 2.05) is 0 Å².